The number of alkyl carbamates (subject to hydrolysis) is 1. The molecule has 0 bridgehead atoms. The first-order valence-electron chi connectivity index (χ1n) is 8.50. The monoisotopic (exact) mass is 410 g/mol. The quantitative estimate of drug-likeness (QED) is 0.274. The number of hydrogen-bond donors (Lipinski definition) is 3. The molecule has 0 aromatic heterocycles. The van der Waals surface area contributed by atoms with Crippen LogP contribution in [-0.2, 0) is 40.0 Å². The van der Waals surface area contributed by atoms with E-state index in [0.29, 0.717) is 0 Å². The van der Waals surface area contributed by atoms with Crippen LogP contribution in [0, 0.1) is 0 Å². The molecule has 0 aliphatic heterocycles. The molecule has 0 radical (unpaired) electrons. The van der Waals surface area contributed by atoms with Crippen LogP contribution in [0.25, 0.3) is 0 Å². The average molecular weight is 410 g/mol. The summed E-state index contributed by atoms with van der Waals surface area (Å²) in [6.45, 7) is 1.82. The fourth-order valence-electron chi connectivity index (χ4n) is 2.08. The zero-order valence-electron chi connectivity index (χ0n) is 15.9. The molecule has 0 aliphatic rings. The second-order valence-corrected chi connectivity index (χ2v) is 5.68. The Labute approximate surface area is 166 Å². The third kappa shape index (κ3) is 9.22. The van der Waals surface area contributed by atoms with Gasteiger partial charge >= 0.3 is 24.0 Å². The van der Waals surface area contributed by atoms with E-state index < -0.39 is 42.1 Å². The van der Waals surface area contributed by atoms with Crippen LogP contribution >= 0.6 is 0 Å². The molecule has 158 valence electrons. The van der Waals surface area contributed by atoms with E-state index in [1.54, 1.807) is 24.3 Å². The third-order valence-electron chi connectivity index (χ3n) is 3.27. The van der Waals surface area contributed by atoms with E-state index in [-0.39, 0.29) is 19.7 Å². The molecule has 11 nitrogen and oxygen atoms in total. The summed E-state index contributed by atoms with van der Waals surface area (Å²) in [5.74, 6) is -4.58. The molecule has 3 N–H and O–H groups in total. The van der Waals surface area contributed by atoms with Gasteiger partial charge in [-0.1, -0.05) is 30.3 Å². The number of carbonyl (C=O) groups is 5. The van der Waals surface area contributed by atoms with Gasteiger partial charge in [0.2, 0.25) is 12.2 Å². The van der Waals surface area contributed by atoms with Crippen LogP contribution in [0.1, 0.15) is 19.4 Å². The van der Waals surface area contributed by atoms with Crippen LogP contribution < -0.4 is 10.6 Å². The predicted octanol–water partition coefficient (Wildman–Crippen LogP) is -0.0230. The molecular formula is C18H22N2O9. The lowest BCUT2D eigenvalue weighted by Gasteiger charge is -2.22. The number of benzene rings is 1. The Kier molecular flexibility index (Phi) is 9.65. The molecule has 1 aromatic carbocycles. The summed E-state index contributed by atoms with van der Waals surface area (Å²) in [6, 6.07) is 8.98. The standard InChI is InChI=1S/C18H22N2O9/c1-11(21)28-14(15(17(24)25)29-12(2)22)16(23)19-8-9-20-18(26)27-10-13-6-4-3-5-7-13/h3-7,14-15H,8-10H2,1-2H3,(H,19,23)(H,20,26)(H,24,25)/t14-,15+/m1/s1. The molecule has 0 saturated carbocycles. The first-order valence-corrected chi connectivity index (χ1v) is 8.50. The number of amides is 2. The van der Waals surface area contributed by atoms with Crippen molar-refractivity contribution in [3.63, 3.8) is 0 Å². The highest BCUT2D eigenvalue weighted by Crippen LogP contribution is 2.07. The van der Waals surface area contributed by atoms with Gasteiger partial charge in [-0.3, -0.25) is 14.4 Å². The topological polar surface area (TPSA) is 157 Å². The molecule has 0 heterocycles. The summed E-state index contributed by atoms with van der Waals surface area (Å²) in [5.41, 5.74) is 0.797. The number of carbonyl (C=O) groups excluding carboxylic acids is 4. The number of aliphatic carboxylic acids is 1. The number of esters is 2. The average Bonchev–Trinajstić information content (AvgIpc) is 2.66. The molecule has 0 fully saturated rings. The van der Waals surface area contributed by atoms with Crippen molar-refractivity contribution in [2.75, 3.05) is 13.1 Å². The number of nitrogens with one attached hydrogen (secondary N) is 2. The molecule has 0 spiro atoms. The van der Waals surface area contributed by atoms with E-state index in [1.165, 1.54) is 0 Å². The van der Waals surface area contributed by atoms with Crippen molar-refractivity contribution >= 4 is 29.9 Å². The Morgan fingerprint density at radius 2 is 1.45 bits per heavy atom. The van der Waals surface area contributed by atoms with E-state index in [1.807, 2.05) is 6.07 Å². The summed E-state index contributed by atoms with van der Waals surface area (Å²) in [5, 5.41) is 13.8. The Bertz CT molecular complexity index is 736. The fourth-order valence-corrected chi connectivity index (χ4v) is 2.08. The zero-order valence-corrected chi connectivity index (χ0v) is 15.9. The minimum absolute atomic E-state index is 0.0442. The van der Waals surface area contributed by atoms with Gasteiger partial charge in [0.1, 0.15) is 6.61 Å². The number of rotatable bonds is 10. The van der Waals surface area contributed by atoms with Crippen molar-refractivity contribution in [2.24, 2.45) is 0 Å². The molecule has 1 rings (SSSR count). The number of hydrogen-bond acceptors (Lipinski definition) is 8. The van der Waals surface area contributed by atoms with Crippen molar-refractivity contribution in [1.82, 2.24) is 10.6 Å². The van der Waals surface area contributed by atoms with Crippen molar-refractivity contribution in [2.45, 2.75) is 32.7 Å². The lowest BCUT2D eigenvalue weighted by Crippen LogP contribution is -2.51. The maximum absolute atomic E-state index is 12.2. The van der Waals surface area contributed by atoms with Gasteiger partial charge < -0.3 is 30.0 Å². The molecular weight excluding hydrogens is 388 g/mol. The van der Waals surface area contributed by atoms with Gasteiger partial charge in [-0.25, -0.2) is 9.59 Å². The van der Waals surface area contributed by atoms with Crippen LogP contribution in [-0.4, -0.2) is 60.3 Å². The van der Waals surface area contributed by atoms with Crippen molar-refractivity contribution in [3.05, 3.63) is 35.9 Å². The van der Waals surface area contributed by atoms with Crippen molar-refractivity contribution in [1.29, 1.82) is 0 Å². The maximum Gasteiger partial charge on any atom is 0.407 e. The first kappa shape index (κ1) is 23.4. The predicted molar refractivity (Wildman–Crippen MR) is 96.4 cm³/mol. The molecule has 2 amide bonds. The van der Waals surface area contributed by atoms with Crippen molar-refractivity contribution < 1.29 is 43.3 Å². The van der Waals surface area contributed by atoms with Crippen LogP contribution in [0.3, 0.4) is 0 Å². The lowest BCUT2D eigenvalue weighted by atomic mass is 10.2. The van der Waals surface area contributed by atoms with Crippen LogP contribution in [0.4, 0.5) is 4.79 Å². The Balaban J connectivity index is 2.49. The Morgan fingerprint density at radius 3 is 2.00 bits per heavy atom. The summed E-state index contributed by atoms with van der Waals surface area (Å²) in [6.07, 6.45) is -4.62. The van der Waals surface area contributed by atoms with E-state index in [9.17, 15) is 24.0 Å². The second kappa shape index (κ2) is 12.0. The van der Waals surface area contributed by atoms with Gasteiger partial charge in [0.05, 0.1) is 0 Å². The number of carboxylic acid groups (broad SMARTS) is 1. The van der Waals surface area contributed by atoms with Crippen molar-refractivity contribution in [3.8, 4) is 0 Å². The highest BCUT2D eigenvalue weighted by Gasteiger charge is 2.39. The normalized spacial score (nSPS) is 12.1. The third-order valence-corrected chi connectivity index (χ3v) is 3.27. The summed E-state index contributed by atoms with van der Waals surface area (Å²) >= 11 is 0. The number of carboxylic acids is 1. The largest absolute Gasteiger partial charge is 0.478 e. The summed E-state index contributed by atoms with van der Waals surface area (Å²) in [4.78, 5) is 57.3. The smallest absolute Gasteiger partial charge is 0.407 e. The lowest BCUT2D eigenvalue weighted by molar-refractivity contribution is -0.180. The molecule has 11 heteroatoms. The summed E-state index contributed by atoms with van der Waals surface area (Å²) in [7, 11) is 0. The van der Waals surface area contributed by atoms with E-state index in [2.05, 4.69) is 20.1 Å². The Morgan fingerprint density at radius 1 is 0.897 bits per heavy atom. The zero-order chi connectivity index (χ0) is 21.8. The SMILES string of the molecule is CC(=O)O[C@H](C(=O)O)[C@@H](OC(C)=O)C(=O)NCCNC(=O)OCc1ccccc1. The highest BCUT2D eigenvalue weighted by molar-refractivity contribution is 5.90. The fraction of sp³-hybridized carbons (Fsp3) is 0.389. The van der Waals surface area contributed by atoms with Gasteiger partial charge in [-0.2, -0.15) is 0 Å². The number of ether oxygens (including phenoxy) is 3. The second-order valence-electron chi connectivity index (χ2n) is 5.68. The minimum Gasteiger partial charge on any atom is -0.478 e. The van der Waals surface area contributed by atoms with Crippen LogP contribution in [0.2, 0.25) is 0 Å². The maximum atomic E-state index is 12.2. The molecule has 0 saturated heterocycles. The van der Waals surface area contributed by atoms with Gasteiger partial charge in [0.25, 0.3) is 5.91 Å². The minimum atomic E-state index is -2.01. The highest BCUT2D eigenvalue weighted by atomic mass is 16.6. The van der Waals surface area contributed by atoms with Crippen LogP contribution in [0.15, 0.2) is 30.3 Å². The molecule has 0 aliphatic carbocycles. The van der Waals surface area contributed by atoms with Gasteiger partial charge in [0.15, 0.2) is 0 Å². The first-order chi connectivity index (χ1) is 13.7. The molecule has 29 heavy (non-hydrogen) atoms. The van der Waals surface area contributed by atoms with E-state index in [4.69, 9.17) is 9.84 Å². The van der Waals surface area contributed by atoms with Gasteiger partial charge in [-0.05, 0) is 5.56 Å². The molecule has 0 unspecified atom stereocenters. The molecule has 1 aromatic rings. The molecule has 2 atom stereocenters. The van der Waals surface area contributed by atoms with Gasteiger partial charge in [-0.15, -0.1) is 0 Å². The van der Waals surface area contributed by atoms with E-state index in [0.717, 1.165) is 19.4 Å². The Hall–Kier alpha value is -3.63. The van der Waals surface area contributed by atoms with E-state index >= 15 is 0 Å². The van der Waals surface area contributed by atoms with Gasteiger partial charge in [0, 0.05) is 26.9 Å². The van der Waals surface area contributed by atoms with Crippen LogP contribution in [0.5, 0.6) is 0 Å². The summed E-state index contributed by atoms with van der Waals surface area (Å²) < 4.78 is 14.2.